The van der Waals surface area contributed by atoms with Gasteiger partial charge in [-0.1, -0.05) is 6.92 Å². The molecule has 3 aromatic rings. The Morgan fingerprint density at radius 1 is 1.35 bits per heavy atom. The van der Waals surface area contributed by atoms with E-state index in [2.05, 4.69) is 46.2 Å². The third kappa shape index (κ3) is 1.91. The monoisotopic (exact) mass is 306 g/mol. The Morgan fingerprint density at radius 2 is 2.24 bits per heavy atom. The van der Waals surface area contributed by atoms with Crippen LogP contribution in [0.5, 0.6) is 0 Å². The van der Waals surface area contributed by atoms with E-state index in [0.717, 1.165) is 22.2 Å². The van der Waals surface area contributed by atoms with Crippen LogP contribution in [0.25, 0.3) is 16.2 Å². The Balaban J connectivity index is 2.14. The summed E-state index contributed by atoms with van der Waals surface area (Å²) in [5.74, 6) is 0. The second kappa shape index (κ2) is 4.27. The van der Waals surface area contributed by atoms with E-state index in [1.54, 1.807) is 0 Å². The smallest absolute Gasteiger partial charge is 0.151 e. The lowest BCUT2D eigenvalue weighted by Gasteiger charge is -1.92. The molecule has 0 saturated carbocycles. The summed E-state index contributed by atoms with van der Waals surface area (Å²) >= 11 is 5.34. The van der Waals surface area contributed by atoms with Gasteiger partial charge < -0.3 is 4.40 Å². The van der Waals surface area contributed by atoms with Crippen LogP contribution in [-0.4, -0.2) is 9.38 Å². The number of halogens is 1. The Labute approximate surface area is 112 Å². The maximum Gasteiger partial charge on any atom is 0.151 e. The largest absolute Gasteiger partial charge is 0.305 e. The first kappa shape index (κ1) is 11.0. The van der Waals surface area contributed by atoms with Crippen molar-refractivity contribution in [3.8, 4) is 10.6 Å². The van der Waals surface area contributed by atoms with E-state index in [1.165, 1.54) is 9.75 Å². The molecule has 0 aromatic carbocycles. The molecule has 2 nitrogen and oxygen atoms in total. The van der Waals surface area contributed by atoms with Gasteiger partial charge in [0.2, 0.25) is 0 Å². The summed E-state index contributed by atoms with van der Waals surface area (Å²) in [5, 5.41) is 0. The predicted octanol–water partition coefficient (Wildman–Crippen LogP) is 4.39. The predicted molar refractivity (Wildman–Crippen MR) is 75.6 cm³/mol. The average Bonchev–Trinajstić information content (AvgIpc) is 2.95. The molecular weight excluding hydrogens is 296 g/mol. The first-order chi connectivity index (χ1) is 8.28. The normalized spacial score (nSPS) is 11.2. The molecule has 0 saturated heterocycles. The maximum atomic E-state index is 4.66. The first-order valence-electron chi connectivity index (χ1n) is 5.50. The zero-order valence-corrected chi connectivity index (χ0v) is 11.8. The van der Waals surface area contributed by atoms with Gasteiger partial charge in [0.25, 0.3) is 0 Å². The van der Waals surface area contributed by atoms with Crippen molar-refractivity contribution in [1.82, 2.24) is 9.38 Å². The van der Waals surface area contributed by atoms with Gasteiger partial charge in [-0.25, -0.2) is 4.98 Å². The molecule has 0 bridgehead atoms. The molecule has 0 amide bonds. The number of nitrogens with zero attached hydrogens (tertiary/aromatic N) is 2. The number of hydrogen-bond donors (Lipinski definition) is 0. The van der Waals surface area contributed by atoms with Gasteiger partial charge in [-0.3, -0.25) is 0 Å². The van der Waals surface area contributed by atoms with Crippen molar-refractivity contribution in [3.05, 3.63) is 46.0 Å². The van der Waals surface area contributed by atoms with Gasteiger partial charge >= 0.3 is 0 Å². The van der Waals surface area contributed by atoms with E-state index < -0.39 is 0 Å². The molecule has 86 valence electrons. The van der Waals surface area contributed by atoms with Gasteiger partial charge in [-0.15, -0.1) is 11.3 Å². The molecule has 3 rings (SSSR count). The molecule has 0 radical (unpaired) electrons. The molecule has 3 heterocycles. The summed E-state index contributed by atoms with van der Waals surface area (Å²) in [7, 11) is 0. The molecule has 0 aliphatic rings. The van der Waals surface area contributed by atoms with E-state index in [0.29, 0.717) is 0 Å². The molecule has 17 heavy (non-hydrogen) atoms. The molecule has 0 fully saturated rings. The van der Waals surface area contributed by atoms with Crippen molar-refractivity contribution in [2.75, 3.05) is 0 Å². The Morgan fingerprint density at radius 3 is 2.94 bits per heavy atom. The number of thiophene rings is 1. The molecule has 0 N–H and O–H groups in total. The van der Waals surface area contributed by atoms with Crippen molar-refractivity contribution < 1.29 is 0 Å². The second-order valence-electron chi connectivity index (χ2n) is 3.83. The Bertz CT molecular complexity index is 669. The minimum Gasteiger partial charge on any atom is -0.305 e. The lowest BCUT2D eigenvalue weighted by atomic mass is 10.3. The summed E-state index contributed by atoms with van der Waals surface area (Å²) in [6.45, 7) is 2.18. The lowest BCUT2D eigenvalue weighted by molar-refractivity contribution is 1.18. The van der Waals surface area contributed by atoms with E-state index >= 15 is 0 Å². The zero-order chi connectivity index (χ0) is 11.8. The van der Waals surface area contributed by atoms with Crippen LogP contribution in [-0.2, 0) is 6.42 Å². The first-order valence-corrected chi connectivity index (χ1v) is 7.11. The fourth-order valence-corrected chi connectivity index (χ4v) is 3.15. The number of aryl methyl sites for hydroxylation is 1. The molecular formula is C13H11BrN2S. The van der Waals surface area contributed by atoms with Crippen LogP contribution in [0.4, 0.5) is 0 Å². The van der Waals surface area contributed by atoms with Gasteiger partial charge in [0.1, 0.15) is 0 Å². The molecule has 0 aliphatic carbocycles. The van der Waals surface area contributed by atoms with Crippen LogP contribution in [0.1, 0.15) is 11.8 Å². The van der Waals surface area contributed by atoms with Gasteiger partial charge in [-0.05, 0) is 46.6 Å². The van der Waals surface area contributed by atoms with Gasteiger partial charge in [-0.2, -0.15) is 0 Å². The fraction of sp³-hybridized carbons (Fsp3) is 0.154. The summed E-state index contributed by atoms with van der Waals surface area (Å²) < 4.78 is 3.07. The van der Waals surface area contributed by atoms with Gasteiger partial charge in [0.15, 0.2) is 5.65 Å². The zero-order valence-electron chi connectivity index (χ0n) is 9.35. The van der Waals surface area contributed by atoms with Crippen LogP contribution in [0, 0.1) is 0 Å². The van der Waals surface area contributed by atoms with Crippen LogP contribution in [0.2, 0.25) is 0 Å². The minimum atomic E-state index is 0.967. The maximum absolute atomic E-state index is 4.66. The van der Waals surface area contributed by atoms with Gasteiger partial charge in [0.05, 0.1) is 15.0 Å². The topological polar surface area (TPSA) is 17.3 Å². The summed E-state index contributed by atoms with van der Waals surface area (Å²) in [6, 6.07) is 8.35. The Kier molecular flexibility index (Phi) is 2.76. The number of rotatable bonds is 2. The highest BCUT2D eigenvalue weighted by Gasteiger charge is 2.08. The van der Waals surface area contributed by atoms with Crippen molar-refractivity contribution >= 4 is 32.9 Å². The lowest BCUT2D eigenvalue weighted by Crippen LogP contribution is -1.80. The van der Waals surface area contributed by atoms with Crippen molar-refractivity contribution in [2.45, 2.75) is 13.3 Å². The standard InChI is InChI=1S/C13H11BrN2S/c1-2-9-5-6-12(17-9)11-8-16-7-3-4-10(14)13(16)15-11/h3-8H,2H2,1H3. The summed E-state index contributed by atoms with van der Waals surface area (Å²) in [6.07, 6.45) is 5.18. The average molecular weight is 307 g/mol. The minimum absolute atomic E-state index is 0.967. The Hall–Kier alpha value is -1.13. The summed E-state index contributed by atoms with van der Waals surface area (Å²) in [5.41, 5.74) is 2.01. The number of fused-ring (bicyclic) bond motifs is 1. The van der Waals surface area contributed by atoms with Gasteiger partial charge in [0, 0.05) is 17.3 Å². The SMILES string of the molecule is CCc1ccc(-c2cn3cccc(Br)c3n2)s1. The quantitative estimate of drug-likeness (QED) is 0.686. The van der Waals surface area contributed by atoms with Crippen molar-refractivity contribution in [3.63, 3.8) is 0 Å². The number of aromatic nitrogens is 2. The van der Waals surface area contributed by atoms with Crippen molar-refractivity contribution in [1.29, 1.82) is 0 Å². The van der Waals surface area contributed by atoms with Crippen molar-refractivity contribution in [2.24, 2.45) is 0 Å². The van der Waals surface area contributed by atoms with E-state index in [9.17, 15) is 0 Å². The third-order valence-electron chi connectivity index (χ3n) is 2.70. The number of hydrogen-bond acceptors (Lipinski definition) is 2. The third-order valence-corrected chi connectivity index (χ3v) is 4.57. The van der Waals surface area contributed by atoms with Crippen LogP contribution in [0.15, 0.2) is 41.1 Å². The molecule has 0 aliphatic heterocycles. The summed E-state index contributed by atoms with van der Waals surface area (Å²) in [4.78, 5) is 7.29. The second-order valence-corrected chi connectivity index (χ2v) is 5.86. The van der Waals surface area contributed by atoms with Crippen LogP contribution in [0.3, 0.4) is 0 Å². The molecule has 4 heteroatoms. The number of imidazole rings is 1. The molecule has 0 unspecified atom stereocenters. The fourth-order valence-electron chi connectivity index (χ4n) is 1.80. The van der Waals surface area contributed by atoms with E-state index in [-0.39, 0.29) is 0 Å². The highest BCUT2D eigenvalue weighted by atomic mass is 79.9. The van der Waals surface area contributed by atoms with Crippen LogP contribution >= 0.6 is 27.3 Å². The highest BCUT2D eigenvalue weighted by molar-refractivity contribution is 9.10. The highest BCUT2D eigenvalue weighted by Crippen LogP contribution is 2.29. The van der Waals surface area contributed by atoms with E-state index in [1.807, 2.05) is 34.1 Å². The number of pyridine rings is 1. The molecule has 3 aromatic heterocycles. The van der Waals surface area contributed by atoms with Crippen LogP contribution < -0.4 is 0 Å². The molecule has 0 spiro atoms. The van der Waals surface area contributed by atoms with E-state index in [4.69, 9.17) is 0 Å². The molecule has 0 atom stereocenters.